The molecule has 1 unspecified atom stereocenters. The van der Waals surface area contributed by atoms with E-state index in [2.05, 4.69) is 25.4 Å². The number of unbranched alkanes of at least 4 members (excludes halogenated alkanes) is 1. The smallest absolute Gasteiger partial charge is 0.328 e. The van der Waals surface area contributed by atoms with Crippen LogP contribution in [-0.4, -0.2) is 124 Å². The molecule has 15 heteroatoms. The summed E-state index contributed by atoms with van der Waals surface area (Å²) in [7, 11) is -2.55. The van der Waals surface area contributed by atoms with Gasteiger partial charge in [-0.1, -0.05) is 43.7 Å². The molecule has 3 heterocycles. The number of rotatable bonds is 10. The predicted octanol–water partition coefficient (Wildman–Crippen LogP) is 0.865. The minimum absolute atomic E-state index is 0.0293. The van der Waals surface area contributed by atoms with Crippen LogP contribution in [0.25, 0.3) is 11.4 Å². The third-order valence-corrected chi connectivity index (χ3v) is 7.84. The van der Waals surface area contributed by atoms with Crippen molar-refractivity contribution in [1.82, 2.24) is 30.4 Å². The number of aliphatic carboxylic acids is 1. The molecule has 2 aromatic rings. The average molecular weight is 620 g/mol. The van der Waals surface area contributed by atoms with Crippen LogP contribution in [-0.2, 0) is 14.2 Å². The molecule has 1 aromatic heterocycles. The molecule has 2 saturated heterocycles. The quantitative estimate of drug-likeness (QED) is 0.236. The van der Waals surface area contributed by atoms with Crippen molar-refractivity contribution in [1.29, 1.82) is 0 Å². The predicted molar refractivity (Wildman–Crippen MR) is 162 cm³/mol. The molecule has 0 aliphatic carbocycles. The summed E-state index contributed by atoms with van der Waals surface area (Å²) >= 11 is 0. The first-order chi connectivity index (χ1) is 20.5. The number of amides is 2. The number of benzene rings is 1. The number of anilines is 1. The lowest BCUT2D eigenvalue weighted by molar-refractivity contribution is -0.137. The van der Waals surface area contributed by atoms with Crippen molar-refractivity contribution in [2.24, 2.45) is 0 Å². The van der Waals surface area contributed by atoms with E-state index in [1.54, 1.807) is 6.07 Å². The number of hydrogen-bond acceptors (Lipinski definition) is 9. The van der Waals surface area contributed by atoms with Gasteiger partial charge in [0.05, 0.1) is 6.16 Å². The molecule has 4 rings (SSSR count). The molecule has 5 N–H and O–H groups in total. The lowest BCUT2D eigenvalue weighted by Gasteiger charge is -2.33. The molecule has 43 heavy (non-hydrogen) atoms. The first kappa shape index (κ1) is 34.1. The zero-order valence-corrected chi connectivity index (χ0v) is 25.6. The fraction of sp³-hybridized carbons (Fsp3) is 0.536. The number of carboxylic acid groups (broad SMARTS) is 1. The third kappa shape index (κ3) is 11.3. The van der Waals surface area contributed by atoms with Gasteiger partial charge in [-0.05, 0) is 13.5 Å². The molecule has 2 aliphatic heterocycles. The van der Waals surface area contributed by atoms with E-state index < -0.39 is 37.6 Å². The van der Waals surface area contributed by atoms with E-state index in [1.807, 2.05) is 44.3 Å². The Bertz CT molecular complexity index is 1260. The second kappa shape index (κ2) is 16.4. The summed E-state index contributed by atoms with van der Waals surface area (Å²) in [5.41, 5.74) is 0.757. The van der Waals surface area contributed by atoms with Gasteiger partial charge in [0.25, 0.3) is 5.91 Å². The lowest BCUT2D eigenvalue weighted by Crippen LogP contribution is -2.55. The summed E-state index contributed by atoms with van der Waals surface area (Å²) < 4.78 is 11.8. The zero-order chi connectivity index (χ0) is 31.4. The fourth-order valence-electron chi connectivity index (χ4n) is 4.55. The second-order valence-electron chi connectivity index (χ2n) is 10.5. The molecule has 2 fully saturated rings. The Morgan fingerprint density at radius 2 is 1.67 bits per heavy atom. The molecule has 0 spiro atoms. The maximum absolute atomic E-state index is 13.3. The number of carbonyl (C=O) groups excluding carboxylic acids is 2. The highest BCUT2D eigenvalue weighted by Gasteiger charge is 2.33. The summed E-state index contributed by atoms with van der Waals surface area (Å²) in [5, 5.41) is 13.7. The van der Waals surface area contributed by atoms with Crippen molar-refractivity contribution < 1.29 is 33.8 Å². The SMILES string of the molecule is CCCCC(=O)O.CN1CCN(c2cc(C(=O)NC(CP(=O)(O)O)C(=O)N3CCNCC3)nc(-c3ccccc3)n2)CC1. The Morgan fingerprint density at radius 1 is 1.02 bits per heavy atom. The summed E-state index contributed by atoms with van der Waals surface area (Å²) in [6.45, 7) is 7.05. The highest BCUT2D eigenvalue weighted by Crippen LogP contribution is 2.35. The van der Waals surface area contributed by atoms with Gasteiger partial charge in [-0.15, -0.1) is 0 Å². The van der Waals surface area contributed by atoms with Gasteiger partial charge in [0.1, 0.15) is 17.6 Å². The molecule has 14 nitrogen and oxygen atoms in total. The van der Waals surface area contributed by atoms with E-state index in [0.29, 0.717) is 44.2 Å². The molecule has 0 bridgehead atoms. The molecular weight excluding hydrogens is 577 g/mol. The van der Waals surface area contributed by atoms with E-state index >= 15 is 0 Å². The van der Waals surface area contributed by atoms with Gasteiger partial charge in [-0.2, -0.15) is 0 Å². The van der Waals surface area contributed by atoms with Crippen molar-refractivity contribution in [3.8, 4) is 11.4 Å². The molecule has 1 atom stereocenters. The number of hydrogen-bond donors (Lipinski definition) is 5. The van der Waals surface area contributed by atoms with Gasteiger partial charge >= 0.3 is 13.6 Å². The Hall–Kier alpha value is -3.42. The Morgan fingerprint density at radius 3 is 2.23 bits per heavy atom. The minimum Gasteiger partial charge on any atom is -0.481 e. The van der Waals surface area contributed by atoms with Gasteiger partial charge < -0.3 is 40.2 Å². The highest BCUT2D eigenvalue weighted by molar-refractivity contribution is 7.51. The standard InChI is InChI=1S/C23H32N7O5P.C5H10O2/c1-28-11-13-29(14-12-28)20-15-18(25-21(27-20)17-5-3-2-4-6-17)22(31)26-19(16-36(33,34)35)23(32)30-9-7-24-8-10-30;1-2-3-4-5(6)7/h2-6,15,19,24H,7-14,16H2,1H3,(H,26,31)(H2,33,34,35);2-4H2,1H3,(H,6,7). The minimum atomic E-state index is -4.59. The van der Waals surface area contributed by atoms with Gasteiger partial charge in [0.2, 0.25) is 5.91 Å². The molecule has 236 valence electrons. The van der Waals surface area contributed by atoms with Crippen LogP contribution in [0.15, 0.2) is 36.4 Å². The van der Waals surface area contributed by atoms with Gasteiger partial charge in [-0.25, -0.2) is 9.97 Å². The number of carboxylic acids is 1. The van der Waals surface area contributed by atoms with Crippen molar-refractivity contribution in [2.45, 2.75) is 32.2 Å². The van der Waals surface area contributed by atoms with Crippen molar-refractivity contribution in [3.63, 3.8) is 0 Å². The van der Waals surface area contributed by atoms with Crippen molar-refractivity contribution in [2.75, 3.05) is 70.5 Å². The molecule has 2 amide bonds. The van der Waals surface area contributed by atoms with E-state index in [0.717, 1.165) is 44.6 Å². The Kier molecular flexibility index (Phi) is 13.0. The summed E-state index contributed by atoms with van der Waals surface area (Å²) in [6, 6.07) is 9.45. The first-order valence-corrected chi connectivity index (χ1v) is 16.2. The maximum Gasteiger partial charge on any atom is 0.328 e. The van der Waals surface area contributed by atoms with Crippen molar-refractivity contribution in [3.05, 3.63) is 42.1 Å². The molecule has 1 aromatic carbocycles. The Labute approximate surface area is 251 Å². The zero-order valence-electron chi connectivity index (χ0n) is 24.7. The fourth-order valence-corrected chi connectivity index (χ4v) is 5.28. The van der Waals surface area contributed by atoms with Crippen LogP contribution in [0.5, 0.6) is 0 Å². The number of nitrogens with one attached hydrogen (secondary N) is 2. The monoisotopic (exact) mass is 619 g/mol. The Balaban J connectivity index is 0.000000646. The number of piperazine rings is 2. The normalized spacial score (nSPS) is 16.6. The molecule has 0 saturated carbocycles. The topological polar surface area (TPSA) is 189 Å². The number of aromatic nitrogens is 2. The second-order valence-corrected chi connectivity index (χ2v) is 12.2. The van der Waals surface area contributed by atoms with Gasteiger partial charge in [0, 0.05) is 70.4 Å². The summed E-state index contributed by atoms with van der Waals surface area (Å²) in [4.78, 5) is 70.3. The molecule has 2 aliphatic rings. The summed E-state index contributed by atoms with van der Waals surface area (Å²) in [5.74, 6) is -0.960. The van der Waals surface area contributed by atoms with Gasteiger partial charge in [-0.3, -0.25) is 18.9 Å². The largest absolute Gasteiger partial charge is 0.481 e. The van der Waals surface area contributed by atoms with Crippen molar-refractivity contribution >= 4 is 31.2 Å². The van der Waals surface area contributed by atoms with E-state index in [-0.39, 0.29) is 5.69 Å². The summed E-state index contributed by atoms with van der Waals surface area (Å²) in [6.07, 6.45) is 1.29. The number of nitrogens with zero attached hydrogens (tertiary/aromatic N) is 5. The van der Waals surface area contributed by atoms with Gasteiger partial charge in [0.15, 0.2) is 5.82 Å². The highest BCUT2D eigenvalue weighted by atomic mass is 31.2. The number of likely N-dealkylation sites (N-methyl/N-ethyl adjacent to an activating group) is 1. The third-order valence-electron chi connectivity index (χ3n) is 7.00. The van der Waals surface area contributed by atoms with Crippen LogP contribution in [0, 0.1) is 0 Å². The van der Waals surface area contributed by atoms with Crippen LogP contribution in [0.4, 0.5) is 5.82 Å². The average Bonchev–Trinajstić information content (AvgIpc) is 3.00. The lowest BCUT2D eigenvalue weighted by atomic mass is 10.2. The van der Waals surface area contributed by atoms with E-state index in [9.17, 15) is 28.7 Å². The van der Waals surface area contributed by atoms with Crippen LogP contribution >= 0.6 is 7.60 Å². The number of carbonyl (C=O) groups is 3. The van der Waals surface area contributed by atoms with E-state index in [4.69, 9.17) is 10.1 Å². The molecule has 0 radical (unpaired) electrons. The van der Waals surface area contributed by atoms with E-state index in [1.165, 1.54) is 4.90 Å². The van der Waals surface area contributed by atoms with Crippen LogP contribution in [0.1, 0.15) is 36.7 Å². The van der Waals surface area contributed by atoms with Crippen LogP contribution in [0.3, 0.4) is 0 Å². The van der Waals surface area contributed by atoms with Crippen LogP contribution in [0.2, 0.25) is 0 Å². The molecular formula is C28H42N7O7P. The maximum atomic E-state index is 13.3. The van der Waals surface area contributed by atoms with Crippen LogP contribution < -0.4 is 15.5 Å². The first-order valence-electron chi connectivity index (χ1n) is 14.4.